The Morgan fingerprint density at radius 3 is 2.70 bits per heavy atom. The number of anilines is 1. The Bertz CT molecular complexity index is 1400. The number of carbonyl (C=O) groups excluding carboxylic acids is 2. The number of benzene rings is 1. The summed E-state index contributed by atoms with van der Waals surface area (Å²) in [6.07, 6.45) is 6.94. The van der Waals surface area contributed by atoms with Crippen molar-refractivity contribution >= 4 is 56.3 Å². The van der Waals surface area contributed by atoms with E-state index in [2.05, 4.69) is 19.9 Å². The molecule has 0 bridgehead atoms. The molecule has 1 N–H and O–H groups in total. The van der Waals surface area contributed by atoms with Crippen molar-refractivity contribution in [3.05, 3.63) is 46.1 Å². The number of rotatable bonds is 6. The molecule has 1 aromatic carbocycles. The minimum absolute atomic E-state index is 0.0149. The third kappa shape index (κ3) is 3.83. The molecule has 1 fully saturated rings. The maximum Gasteiger partial charge on any atom is 0.221 e. The van der Waals surface area contributed by atoms with Gasteiger partial charge in [-0.05, 0) is 68.4 Å². The van der Waals surface area contributed by atoms with Crippen LogP contribution < -0.4 is 5.32 Å². The summed E-state index contributed by atoms with van der Waals surface area (Å²) in [5, 5.41) is 13.7. The van der Waals surface area contributed by atoms with E-state index < -0.39 is 0 Å². The minimum atomic E-state index is -0.135. The summed E-state index contributed by atoms with van der Waals surface area (Å²) >= 11 is 3.24. The second-order valence-electron chi connectivity index (χ2n) is 8.75. The van der Waals surface area contributed by atoms with Crippen LogP contribution in [0.15, 0.2) is 29.4 Å². The van der Waals surface area contributed by atoms with Crippen LogP contribution in [-0.2, 0) is 17.6 Å². The van der Waals surface area contributed by atoms with Crippen LogP contribution in [0.5, 0.6) is 0 Å². The molecule has 0 spiro atoms. The number of thioether (sulfide) groups is 1. The molecule has 3 aromatic heterocycles. The van der Waals surface area contributed by atoms with Crippen molar-refractivity contribution in [3.8, 4) is 0 Å². The van der Waals surface area contributed by atoms with Crippen molar-refractivity contribution in [3.63, 3.8) is 0 Å². The highest BCUT2D eigenvalue weighted by molar-refractivity contribution is 7.99. The van der Waals surface area contributed by atoms with E-state index in [1.54, 1.807) is 24.3 Å². The summed E-state index contributed by atoms with van der Waals surface area (Å²) in [7, 11) is 0. The minimum Gasteiger partial charge on any atom is -0.326 e. The molecule has 3 heterocycles. The first kappa shape index (κ1) is 20.8. The first-order valence-electron chi connectivity index (χ1n) is 11.3. The summed E-state index contributed by atoms with van der Waals surface area (Å²) in [5.74, 6) is 1.63. The molecule has 2 aliphatic carbocycles. The molecule has 33 heavy (non-hydrogen) atoms. The number of nitrogens with zero attached hydrogens (tertiary/aromatic N) is 4. The number of nitrogens with one attached hydrogen (secondary N) is 1. The zero-order chi connectivity index (χ0) is 22.5. The van der Waals surface area contributed by atoms with Crippen LogP contribution in [0.25, 0.3) is 15.9 Å². The third-order valence-corrected chi connectivity index (χ3v) is 8.37. The topological polar surface area (TPSA) is 89.2 Å². The molecule has 0 unspecified atom stereocenters. The van der Waals surface area contributed by atoms with Crippen LogP contribution >= 0.6 is 23.1 Å². The van der Waals surface area contributed by atoms with Crippen molar-refractivity contribution in [1.29, 1.82) is 0 Å². The van der Waals surface area contributed by atoms with Crippen LogP contribution in [0, 0.1) is 0 Å². The van der Waals surface area contributed by atoms with Gasteiger partial charge >= 0.3 is 0 Å². The number of thiophene rings is 1. The van der Waals surface area contributed by atoms with E-state index in [1.807, 2.05) is 11.3 Å². The van der Waals surface area contributed by atoms with Gasteiger partial charge in [-0.3, -0.25) is 14.0 Å². The standard InChI is InChI=1S/C24H23N5O2S2/c1-13(30)25-16-10-8-14(9-11-16)18(31)12-32-24-28-27-22-20-17-4-2-3-5-19(17)33-23(20)26-21(29(22)24)15-6-7-15/h8-11,15H,2-7,12H2,1H3,(H,25,30). The summed E-state index contributed by atoms with van der Waals surface area (Å²) in [4.78, 5) is 31.7. The molecule has 6 rings (SSSR count). The molecular weight excluding hydrogens is 454 g/mol. The van der Waals surface area contributed by atoms with Crippen LogP contribution in [0.2, 0.25) is 0 Å². The molecule has 0 aliphatic heterocycles. The maximum atomic E-state index is 12.8. The van der Waals surface area contributed by atoms with E-state index in [0.717, 1.165) is 47.1 Å². The van der Waals surface area contributed by atoms with Gasteiger partial charge in [0.15, 0.2) is 16.6 Å². The van der Waals surface area contributed by atoms with E-state index >= 15 is 0 Å². The van der Waals surface area contributed by atoms with Gasteiger partial charge in [0.25, 0.3) is 0 Å². The van der Waals surface area contributed by atoms with E-state index in [0.29, 0.717) is 17.2 Å². The van der Waals surface area contributed by atoms with E-state index in [4.69, 9.17) is 4.98 Å². The first-order chi connectivity index (χ1) is 16.1. The van der Waals surface area contributed by atoms with Crippen LogP contribution in [0.3, 0.4) is 0 Å². The van der Waals surface area contributed by atoms with Crippen LogP contribution in [-0.4, -0.2) is 37.0 Å². The Morgan fingerprint density at radius 2 is 1.94 bits per heavy atom. The molecule has 7 nitrogen and oxygen atoms in total. The Labute approximate surface area is 199 Å². The smallest absolute Gasteiger partial charge is 0.221 e. The van der Waals surface area contributed by atoms with Gasteiger partial charge in [-0.25, -0.2) is 4.98 Å². The maximum absolute atomic E-state index is 12.8. The lowest BCUT2D eigenvalue weighted by molar-refractivity contribution is -0.114. The number of carbonyl (C=O) groups is 2. The normalized spacial score (nSPS) is 15.7. The largest absolute Gasteiger partial charge is 0.326 e. The number of hydrogen-bond donors (Lipinski definition) is 1. The van der Waals surface area contributed by atoms with Crippen molar-refractivity contribution < 1.29 is 9.59 Å². The van der Waals surface area contributed by atoms with Gasteiger partial charge in [0.1, 0.15) is 10.7 Å². The molecule has 0 saturated heterocycles. The van der Waals surface area contributed by atoms with Gasteiger partial charge in [0.05, 0.1) is 11.1 Å². The molecular formula is C24H23N5O2S2. The van der Waals surface area contributed by atoms with Gasteiger partial charge in [0, 0.05) is 29.0 Å². The Hall–Kier alpha value is -2.78. The predicted octanol–water partition coefficient (Wildman–Crippen LogP) is 5.03. The third-order valence-electron chi connectivity index (χ3n) is 6.26. The average Bonchev–Trinajstić information content (AvgIpc) is 3.46. The second-order valence-corrected chi connectivity index (χ2v) is 10.8. The molecule has 1 saturated carbocycles. The zero-order valence-corrected chi connectivity index (χ0v) is 19.9. The lowest BCUT2D eigenvalue weighted by Crippen LogP contribution is -2.07. The number of amides is 1. The fourth-order valence-electron chi connectivity index (χ4n) is 4.52. The number of Topliss-reactive ketones (excluding diaryl/α,β-unsaturated/α-hetero) is 1. The molecule has 0 radical (unpaired) electrons. The lowest BCUT2D eigenvalue weighted by Gasteiger charge is -2.11. The van der Waals surface area contributed by atoms with Crippen molar-refractivity contribution in [1.82, 2.24) is 19.6 Å². The Balaban J connectivity index is 1.31. The van der Waals surface area contributed by atoms with Gasteiger partial charge in [-0.2, -0.15) is 0 Å². The number of aryl methyl sites for hydroxylation is 2. The highest BCUT2D eigenvalue weighted by Crippen LogP contribution is 2.44. The van der Waals surface area contributed by atoms with Crippen molar-refractivity contribution in [2.24, 2.45) is 0 Å². The van der Waals surface area contributed by atoms with Gasteiger partial charge in [0.2, 0.25) is 5.91 Å². The Morgan fingerprint density at radius 1 is 1.15 bits per heavy atom. The summed E-state index contributed by atoms with van der Waals surface area (Å²) < 4.78 is 2.11. The fraction of sp³-hybridized carbons (Fsp3) is 0.375. The second kappa shape index (κ2) is 8.22. The van der Waals surface area contributed by atoms with Crippen LogP contribution in [0.1, 0.15) is 65.1 Å². The molecule has 1 amide bonds. The van der Waals surface area contributed by atoms with Crippen LogP contribution in [0.4, 0.5) is 5.69 Å². The van der Waals surface area contributed by atoms with Gasteiger partial charge in [-0.15, -0.1) is 21.5 Å². The monoisotopic (exact) mass is 477 g/mol. The summed E-state index contributed by atoms with van der Waals surface area (Å²) in [5.41, 5.74) is 3.59. The number of ketones is 1. The Kier molecular flexibility index (Phi) is 5.18. The van der Waals surface area contributed by atoms with E-state index in [9.17, 15) is 9.59 Å². The summed E-state index contributed by atoms with van der Waals surface area (Å²) in [6.45, 7) is 1.46. The average molecular weight is 478 g/mol. The molecule has 168 valence electrons. The molecule has 4 aromatic rings. The zero-order valence-electron chi connectivity index (χ0n) is 18.3. The van der Waals surface area contributed by atoms with Crippen molar-refractivity contribution in [2.75, 3.05) is 11.1 Å². The molecule has 9 heteroatoms. The quantitative estimate of drug-likeness (QED) is 0.310. The van der Waals surface area contributed by atoms with E-state index in [1.165, 1.54) is 47.4 Å². The summed E-state index contributed by atoms with van der Waals surface area (Å²) in [6, 6.07) is 6.98. The van der Waals surface area contributed by atoms with Crippen molar-refractivity contribution in [2.45, 2.75) is 56.5 Å². The predicted molar refractivity (Wildman–Crippen MR) is 131 cm³/mol. The molecule has 0 atom stereocenters. The lowest BCUT2D eigenvalue weighted by atomic mass is 9.97. The SMILES string of the molecule is CC(=O)Nc1ccc(C(=O)CSc2nnc3c4c5c(sc4nc(C4CC4)n23)CCCC5)cc1. The van der Waals surface area contributed by atoms with E-state index in [-0.39, 0.29) is 17.4 Å². The van der Waals surface area contributed by atoms with Gasteiger partial charge < -0.3 is 5.32 Å². The van der Waals surface area contributed by atoms with Gasteiger partial charge in [-0.1, -0.05) is 11.8 Å². The fourth-order valence-corrected chi connectivity index (χ4v) is 6.62. The number of fused-ring (bicyclic) bond motifs is 5. The number of hydrogen-bond acceptors (Lipinski definition) is 7. The highest BCUT2D eigenvalue weighted by atomic mass is 32.2. The number of aromatic nitrogens is 4. The highest BCUT2D eigenvalue weighted by Gasteiger charge is 2.32. The molecule has 2 aliphatic rings. The first-order valence-corrected chi connectivity index (χ1v) is 13.1.